The van der Waals surface area contributed by atoms with E-state index in [1.165, 1.54) is 250 Å². The summed E-state index contributed by atoms with van der Waals surface area (Å²) >= 11 is 0. The molecule has 19 heteroatoms. The molecule has 0 saturated carbocycles. The van der Waals surface area contributed by atoms with Crippen LogP contribution in [0.4, 0.5) is 0 Å². The van der Waals surface area contributed by atoms with E-state index < -0.39 is 97.5 Å². The Morgan fingerprint density at radius 2 is 0.465 bits per heavy atom. The topological polar surface area (TPSA) is 237 Å². The molecule has 0 fully saturated rings. The van der Waals surface area contributed by atoms with Gasteiger partial charge in [0, 0.05) is 25.7 Å². The van der Waals surface area contributed by atoms with E-state index in [2.05, 4.69) is 34.6 Å². The largest absolute Gasteiger partial charge is 0.472 e. The van der Waals surface area contributed by atoms with Crippen molar-refractivity contribution in [2.45, 2.75) is 445 Å². The molecule has 0 radical (unpaired) electrons. The van der Waals surface area contributed by atoms with Gasteiger partial charge in [0.2, 0.25) is 0 Å². The molecule has 0 amide bonds. The summed E-state index contributed by atoms with van der Waals surface area (Å²) in [7, 11) is -9.91. The van der Waals surface area contributed by atoms with Crippen LogP contribution in [0.5, 0.6) is 0 Å². The van der Waals surface area contributed by atoms with Gasteiger partial charge in [-0.05, 0) is 31.6 Å². The molecule has 0 aliphatic heterocycles. The van der Waals surface area contributed by atoms with Crippen LogP contribution in [0.2, 0.25) is 0 Å². The molecule has 17 nitrogen and oxygen atoms in total. The number of hydrogen-bond donors (Lipinski definition) is 3. The van der Waals surface area contributed by atoms with Crippen LogP contribution in [-0.2, 0) is 65.4 Å². The Balaban J connectivity index is 5.18. The minimum Gasteiger partial charge on any atom is -0.462 e. The molecule has 0 aromatic rings. The lowest BCUT2D eigenvalue weighted by molar-refractivity contribution is -0.161. The number of phosphoric ester groups is 2. The SMILES string of the molecule is CCCCCCCCCCCCCCCCCCCCCCCC(=O)O[C@H](COC(=O)CCCCCCCCCCCCCCCCCC(C)C)COP(=O)(O)OC[C@@H](O)COP(=O)(O)OC[C@@H](COC(=O)CCCCCCCCCCC)OC(=O)CCCCCCCCCCCCC. The molecule has 0 aromatic heterocycles. The molecule has 5 atom stereocenters. The summed E-state index contributed by atoms with van der Waals surface area (Å²) in [5.74, 6) is -1.30. The summed E-state index contributed by atoms with van der Waals surface area (Å²) < 4.78 is 68.6. The van der Waals surface area contributed by atoms with Gasteiger partial charge >= 0.3 is 39.5 Å². The maximum atomic E-state index is 13.1. The van der Waals surface area contributed by atoms with E-state index in [1.807, 2.05) is 0 Å². The van der Waals surface area contributed by atoms with Crippen LogP contribution in [0, 0.1) is 5.92 Å². The number of phosphoric acid groups is 2. The van der Waals surface area contributed by atoms with Gasteiger partial charge in [-0.25, -0.2) is 9.13 Å². The molecule has 0 aromatic carbocycles. The first-order valence-corrected chi connectivity index (χ1v) is 44.6. The Morgan fingerprint density at radius 3 is 0.687 bits per heavy atom. The molecule has 0 bridgehead atoms. The molecule has 99 heavy (non-hydrogen) atoms. The lowest BCUT2D eigenvalue weighted by atomic mass is 10.0. The first-order valence-electron chi connectivity index (χ1n) is 41.6. The second kappa shape index (κ2) is 73.0. The summed E-state index contributed by atoms with van der Waals surface area (Å²) in [6.07, 6.45) is 63.9. The molecule has 3 N–H and O–H groups in total. The van der Waals surface area contributed by atoms with Crippen LogP contribution in [0.1, 0.15) is 426 Å². The molecule has 2 unspecified atom stereocenters. The van der Waals surface area contributed by atoms with Gasteiger partial charge in [0.15, 0.2) is 12.2 Å². The molecule has 0 saturated heterocycles. The minimum atomic E-state index is -4.96. The molecular weight excluding hydrogens is 1290 g/mol. The number of ether oxygens (including phenoxy) is 4. The Morgan fingerprint density at radius 1 is 0.273 bits per heavy atom. The molecule has 588 valence electrons. The van der Waals surface area contributed by atoms with E-state index in [0.29, 0.717) is 25.7 Å². The number of aliphatic hydroxyl groups is 1. The molecule has 0 rings (SSSR count). The Hall–Kier alpha value is -1.94. The predicted octanol–water partition coefficient (Wildman–Crippen LogP) is 24.0. The normalized spacial score (nSPS) is 13.9. The van der Waals surface area contributed by atoms with Gasteiger partial charge in [-0.2, -0.15) is 0 Å². The van der Waals surface area contributed by atoms with Gasteiger partial charge < -0.3 is 33.8 Å². The maximum Gasteiger partial charge on any atom is 0.472 e. The van der Waals surface area contributed by atoms with Crippen LogP contribution in [0.3, 0.4) is 0 Å². The summed E-state index contributed by atoms with van der Waals surface area (Å²) in [6, 6.07) is 0. The third kappa shape index (κ3) is 74.1. The second-order valence-corrected chi connectivity index (χ2v) is 32.2. The second-order valence-electron chi connectivity index (χ2n) is 29.3. The zero-order chi connectivity index (χ0) is 72.7. The number of esters is 4. The van der Waals surface area contributed by atoms with Gasteiger partial charge in [-0.1, -0.05) is 375 Å². The Labute approximate surface area is 607 Å². The molecule has 0 aliphatic carbocycles. The van der Waals surface area contributed by atoms with E-state index >= 15 is 0 Å². The zero-order valence-electron chi connectivity index (χ0n) is 64.6. The van der Waals surface area contributed by atoms with Gasteiger partial charge in [0.05, 0.1) is 26.4 Å². The van der Waals surface area contributed by atoms with Crippen molar-refractivity contribution >= 4 is 39.5 Å². The molecule has 0 spiro atoms. The summed E-state index contributed by atoms with van der Waals surface area (Å²) in [5.41, 5.74) is 0. The Bertz CT molecular complexity index is 1890. The lowest BCUT2D eigenvalue weighted by Gasteiger charge is -2.21. The number of hydrogen-bond acceptors (Lipinski definition) is 15. The highest BCUT2D eigenvalue weighted by Gasteiger charge is 2.30. The number of carbonyl (C=O) groups is 4. The summed E-state index contributed by atoms with van der Waals surface area (Å²) in [6.45, 7) is 7.33. The van der Waals surface area contributed by atoms with Crippen molar-refractivity contribution in [2.24, 2.45) is 5.92 Å². The Kier molecular flexibility index (Phi) is 71.6. The first-order chi connectivity index (χ1) is 48.0. The highest BCUT2D eigenvalue weighted by molar-refractivity contribution is 7.47. The van der Waals surface area contributed by atoms with Crippen molar-refractivity contribution in [3.8, 4) is 0 Å². The average molecular weight is 1450 g/mol. The van der Waals surface area contributed by atoms with Crippen LogP contribution in [-0.4, -0.2) is 96.7 Å². The van der Waals surface area contributed by atoms with E-state index in [9.17, 15) is 43.2 Å². The summed E-state index contributed by atoms with van der Waals surface area (Å²) in [4.78, 5) is 72.9. The fourth-order valence-electron chi connectivity index (χ4n) is 12.4. The van der Waals surface area contributed by atoms with Gasteiger partial charge in [-0.3, -0.25) is 37.3 Å². The molecule has 0 heterocycles. The minimum absolute atomic E-state index is 0.107. The zero-order valence-corrected chi connectivity index (χ0v) is 66.4. The summed E-state index contributed by atoms with van der Waals surface area (Å²) in [5, 5.41) is 10.6. The van der Waals surface area contributed by atoms with Crippen LogP contribution >= 0.6 is 15.6 Å². The van der Waals surface area contributed by atoms with Crippen LogP contribution < -0.4 is 0 Å². The van der Waals surface area contributed by atoms with E-state index in [4.69, 9.17) is 37.0 Å². The highest BCUT2D eigenvalue weighted by Crippen LogP contribution is 2.45. The van der Waals surface area contributed by atoms with Crippen LogP contribution in [0.15, 0.2) is 0 Å². The third-order valence-corrected chi connectivity index (χ3v) is 20.7. The fraction of sp³-hybridized carbons (Fsp3) is 0.950. The molecule has 0 aliphatic rings. The van der Waals surface area contributed by atoms with Crippen molar-refractivity contribution in [3.63, 3.8) is 0 Å². The van der Waals surface area contributed by atoms with E-state index in [0.717, 1.165) is 95.8 Å². The van der Waals surface area contributed by atoms with Crippen molar-refractivity contribution in [1.82, 2.24) is 0 Å². The van der Waals surface area contributed by atoms with Gasteiger partial charge in [0.25, 0.3) is 0 Å². The average Bonchev–Trinajstić information content (AvgIpc) is 1.06. The molecular formula is C80H156O17P2. The van der Waals surface area contributed by atoms with Gasteiger partial charge in [0.1, 0.15) is 19.3 Å². The van der Waals surface area contributed by atoms with E-state index in [1.54, 1.807) is 0 Å². The number of rotatable bonds is 80. The maximum absolute atomic E-state index is 13.1. The van der Waals surface area contributed by atoms with E-state index in [-0.39, 0.29) is 25.7 Å². The standard InChI is InChI=1S/C80H156O17P2/c1-6-9-12-15-18-21-23-24-25-26-27-28-29-30-33-37-41-46-51-56-61-66-80(85)97-76(70-91-78(83)64-59-54-49-44-40-36-34-31-32-35-39-43-47-52-57-62-73(4)5)72-95-99(88,89)93-68-74(81)67-92-98(86,87)94-71-75(69-90-77(82)63-58-53-48-42-20-17-14-11-8-3)96-79(84)65-60-55-50-45-38-22-19-16-13-10-7-2/h73-76,81H,6-72H2,1-5H3,(H,86,87)(H,88,89)/t74-,75+,76+/m0/s1. The van der Waals surface area contributed by atoms with Crippen molar-refractivity contribution in [2.75, 3.05) is 39.6 Å². The number of carbonyl (C=O) groups excluding carboxylic acids is 4. The smallest absolute Gasteiger partial charge is 0.462 e. The number of aliphatic hydroxyl groups excluding tert-OH is 1. The van der Waals surface area contributed by atoms with Gasteiger partial charge in [-0.15, -0.1) is 0 Å². The third-order valence-electron chi connectivity index (χ3n) is 18.8. The highest BCUT2D eigenvalue weighted by atomic mass is 31.2. The lowest BCUT2D eigenvalue weighted by Crippen LogP contribution is -2.30. The van der Waals surface area contributed by atoms with Crippen molar-refractivity contribution < 1.29 is 80.2 Å². The first kappa shape index (κ1) is 97.1. The monoisotopic (exact) mass is 1450 g/mol. The van der Waals surface area contributed by atoms with Crippen molar-refractivity contribution in [3.05, 3.63) is 0 Å². The fourth-order valence-corrected chi connectivity index (χ4v) is 14.0. The van der Waals surface area contributed by atoms with Crippen LogP contribution in [0.25, 0.3) is 0 Å². The number of unbranched alkanes of at least 4 members (excludes halogenated alkanes) is 52. The quantitative estimate of drug-likeness (QED) is 0.0222. The predicted molar refractivity (Wildman–Crippen MR) is 405 cm³/mol. The van der Waals surface area contributed by atoms with Crippen molar-refractivity contribution in [1.29, 1.82) is 0 Å².